The Morgan fingerprint density at radius 1 is 1.11 bits per heavy atom. The number of hydrogen-bond acceptors (Lipinski definition) is 4. The maximum Gasteiger partial charge on any atom is 0.270 e. The van der Waals surface area contributed by atoms with E-state index in [1.807, 2.05) is 54.6 Å². The van der Waals surface area contributed by atoms with E-state index in [0.717, 1.165) is 10.9 Å². The quantitative estimate of drug-likeness (QED) is 0.754. The Morgan fingerprint density at radius 3 is 2.75 bits per heavy atom. The molecule has 6 nitrogen and oxygen atoms in total. The van der Waals surface area contributed by atoms with Gasteiger partial charge in [-0.05, 0) is 38.1 Å². The van der Waals surface area contributed by atoms with Crippen molar-refractivity contribution < 1.29 is 14.3 Å². The summed E-state index contributed by atoms with van der Waals surface area (Å²) in [5.74, 6) is 0.310. The number of carbonyl (C=O) groups is 2. The topological polar surface area (TPSA) is 71.5 Å². The zero-order valence-corrected chi connectivity index (χ0v) is 15.8. The number of aromatic nitrogens is 1. The number of carbonyl (C=O) groups excluding carboxylic acids is 2. The summed E-state index contributed by atoms with van der Waals surface area (Å²) < 4.78 is 5.81. The molecule has 1 aromatic heterocycles. The van der Waals surface area contributed by atoms with Gasteiger partial charge >= 0.3 is 0 Å². The van der Waals surface area contributed by atoms with Gasteiger partial charge in [0.15, 0.2) is 5.60 Å². The summed E-state index contributed by atoms with van der Waals surface area (Å²) in [7, 11) is 0. The number of amides is 2. The van der Waals surface area contributed by atoms with Crippen LogP contribution in [0.25, 0.3) is 10.9 Å². The molecule has 2 amide bonds. The van der Waals surface area contributed by atoms with E-state index in [1.165, 1.54) is 0 Å². The molecular weight excluding hydrogens is 354 g/mol. The van der Waals surface area contributed by atoms with Crippen molar-refractivity contribution in [3.8, 4) is 5.75 Å². The van der Waals surface area contributed by atoms with E-state index in [1.54, 1.807) is 24.9 Å². The van der Waals surface area contributed by atoms with E-state index in [4.69, 9.17) is 4.74 Å². The first-order chi connectivity index (χ1) is 13.5. The molecule has 142 valence electrons. The van der Waals surface area contributed by atoms with Gasteiger partial charge in [0.05, 0.1) is 16.9 Å². The van der Waals surface area contributed by atoms with E-state index < -0.39 is 5.60 Å². The zero-order chi connectivity index (χ0) is 19.7. The molecule has 0 spiro atoms. The number of para-hydroxylation sites is 3. The molecule has 0 bridgehead atoms. The molecule has 6 heteroatoms. The third-order valence-electron chi connectivity index (χ3n) is 4.75. The molecule has 1 aliphatic heterocycles. The molecule has 0 unspecified atom stereocenters. The van der Waals surface area contributed by atoms with Crippen molar-refractivity contribution in [2.75, 3.05) is 16.8 Å². The summed E-state index contributed by atoms with van der Waals surface area (Å²) in [6, 6.07) is 16.8. The summed E-state index contributed by atoms with van der Waals surface area (Å²) in [6.07, 6.45) is 1.86. The Hall–Kier alpha value is -3.41. The molecule has 3 aromatic rings. The van der Waals surface area contributed by atoms with Crippen LogP contribution < -0.4 is 15.0 Å². The summed E-state index contributed by atoms with van der Waals surface area (Å²) in [5.41, 5.74) is 1.13. The molecule has 0 radical (unpaired) electrons. The summed E-state index contributed by atoms with van der Waals surface area (Å²) in [6.45, 7) is 3.74. The average Bonchev–Trinajstić information content (AvgIpc) is 2.68. The van der Waals surface area contributed by atoms with E-state index >= 15 is 0 Å². The van der Waals surface area contributed by atoms with Crippen LogP contribution in [-0.2, 0) is 9.59 Å². The maximum atomic E-state index is 12.8. The van der Waals surface area contributed by atoms with Crippen molar-refractivity contribution in [2.24, 2.45) is 0 Å². The summed E-state index contributed by atoms with van der Waals surface area (Å²) in [4.78, 5) is 31.4. The van der Waals surface area contributed by atoms with Gasteiger partial charge in [-0.15, -0.1) is 0 Å². The predicted molar refractivity (Wildman–Crippen MR) is 108 cm³/mol. The molecule has 0 atom stereocenters. The van der Waals surface area contributed by atoms with Gasteiger partial charge in [-0.3, -0.25) is 14.6 Å². The second-order valence-corrected chi connectivity index (χ2v) is 7.22. The van der Waals surface area contributed by atoms with Gasteiger partial charge in [-0.25, -0.2) is 0 Å². The van der Waals surface area contributed by atoms with Crippen molar-refractivity contribution in [1.82, 2.24) is 4.98 Å². The minimum Gasteiger partial charge on any atom is -0.476 e. The molecule has 0 saturated carbocycles. The van der Waals surface area contributed by atoms with Crippen molar-refractivity contribution in [3.05, 3.63) is 60.8 Å². The first kappa shape index (κ1) is 18.0. The number of rotatable bonds is 4. The highest BCUT2D eigenvalue weighted by molar-refractivity contribution is 6.04. The standard InChI is InChI=1S/C22H21N3O3/c1-22(2)21(27)25(17-10-3-4-11-18(17)28-22)14-12-19(26)24-16-9-5-7-15-8-6-13-23-20(15)16/h3-11,13H,12,14H2,1-2H3,(H,24,26). The predicted octanol–water partition coefficient (Wildman–Crippen LogP) is 3.77. The highest BCUT2D eigenvalue weighted by Crippen LogP contribution is 2.37. The van der Waals surface area contributed by atoms with Gasteiger partial charge in [0, 0.05) is 24.5 Å². The molecule has 1 aliphatic rings. The normalized spacial score (nSPS) is 15.1. The van der Waals surface area contributed by atoms with Gasteiger partial charge in [0.1, 0.15) is 5.75 Å². The molecule has 0 saturated heterocycles. The number of ether oxygens (including phenoxy) is 1. The van der Waals surface area contributed by atoms with Gasteiger partial charge in [0.2, 0.25) is 5.91 Å². The monoisotopic (exact) mass is 375 g/mol. The van der Waals surface area contributed by atoms with Crippen LogP contribution in [0.4, 0.5) is 11.4 Å². The lowest BCUT2D eigenvalue weighted by Gasteiger charge is -2.38. The number of fused-ring (bicyclic) bond motifs is 2. The third-order valence-corrected chi connectivity index (χ3v) is 4.75. The molecule has 2 aromatic carbocycles. The molecule has 4 rings (SSSR count). The molecule has 1 N–H and O–H groups in total. The zero-order valence-electron chi connectivity index (χ0n) is 15.8. The first-order valence-corrected chi connectivity index (χ1v) is 9.19. The van der Waals surface area contributed by atoms with E-state index in [-0.39, 0.29) is 24.8 Å². The minimum atomic E-state index is -0.968. The minimum absolute atomic E-state index is 0.161. The van der Waals surface area contributed by atoms with Crippen LogP contribution in [0.2, 0.25) is 0 Å². The van der Waals surface area contributed by atoms with Crippen LogP contribution in [0, 0.1) is 0 Å². The Bertz CT molecular complexity index is 1060. The van der Waals surface area contributed by atoms with Gasteiger partial charge in [0.25, 0.3) is 5.91 Å². The van der Waals surface area contributed by atoms with Crippen LogP contribution in [0.5, 0.6) is 5.75 Å². The van der Waals surface area contributed by atoms with Crippen LogP contribution in [0.15, 0.2) is 60.8 Å². The number of hydrogen-bond donors (Lipinski definition) is 1. The lowest BCUT2D eigenvalue weighted by atomic mass is 10.0. The number of anilines is 2. The molecule has 2 heterocycles. The molecule has 28 heavy (non-hydrogen) atoms. The van der Waals surface area contributed by atoms with Crippen LogP contribution >= 0.6 is 0 Å². The molecule has 0 fully saturated rings. The van der Waals surface area contributed by atoms with Gasteiger partial charge in [-0.2, -0.15) is 0 Å². The highest BCUT2D eigenvalue weighted by atomic mass is 16.5. The van der Waals surface area contributed by atoms with Crippen molar-refractivity contribution in [2.45, 2.75) is 25.9 Å². The number of benzene rings is 2. The van der Waals surface area contributed by atoms with Crippen molar-refractivity contribution in [3.63, 3.8) is 0 Å². The summed E-state index contributed by atoms with van der Waals surface area (Å²) in [5, 5.41) is 3.87. The van der Waals surface area contributed by atoms with Crippen molar-refractivity contribution >= 4 is 34.1 Å². The Kier molecular flexibility index (Phi) is 4.47. The van der Waals surface area contributed by atoms with E-state index in [2.05, 4.69) is 10.3 Å². The van der Waals surface area contributed by atoms with E-state index in [0.29, 0.717) is 17.1 Å². The van der Waals surface area contributed by atoms with Gasteiger partial charge in [-0.1, -0.05) is 30.3 Å². The fourth-order valence-electron chi connectivity index (χ4n) is 3.37. The fraction of sp³-hybridized carbons (Fsp3) is 0.227. The lowest BCUT2D eigenvalue weighted by Crippen LogP contribution is -2.53. The SMILES string of the molecule is CC1(C)Oc2ccccc2N(CCC(=O)Nc2cccc3cccnc23)C1=O. The summed E-state index contributed by atoms with van der Waals surface area (Å²) >= 11 is 0. The van der Waals surface area contributed by atoms with Crippen LogP contribution in [-0.4, -0.2) is 28.9 Å². The van der Waals surface area contributed by atoms with E-state index in [9.17, 15) is 9.59 Å². The third kappa shape index (κ3) is 3.29. The molecular formula is C22H21N3O3. The van der Waals surface area contributed by atoms with Crippen LogP contribution in [0.3, 0.4) is 0 Å². The molecule has 0 aliphatic carbocycles. The van der Waals surface area contributed by atoms with Crippen LogP contribution in [0.1, 0.15) is 20.3 Å². The number of pyridine rings is 1. The Morgan fingerprint density at radius 2 is 1.89 bits per heavy atom. The smallest absolute Gasteiger partial charge is 0.270 e. The Balaban J connectivity index is 1.51. The number of nitrogens with zero attached hydrogens (tertiary/aromatic N) is 2. The largest absolute Gasteiger partial charge is 0.476 e. The first-order valence-electron chi connectivity index (χ1n) is 9.19. The Labute approximate surface area is 163 Å². The second kappa shape index (κ2) is 6.96. The van der Waals surface area contributed by atoms with Gasteiger partial charge < -0.3 is 15.0 Å². The average molecular weight is 375 g/mol. The highest BCUT2D eigenvalue weighted by Gasteiger charge is 2.40. The lowest BCUT2D eigenvalue weighted by molar-refractivity contribution is -0.132. The number of nitrogens with one attached hydrogen (secondary N) is 1. The fourth-order valence-corrected chi connectivity index (χ4v) is 3.37. The maximum absolute atomic E-state index is 12.8. The van der Waals surface area contributed by atoms with Crippen molar-refractivity contribution in [1.29, 1.82) is 0 Å². The second-order valence-electron chi connectivity index (χ2n) is 7.22.